The third kappa shape index (κ3) is 10.0. The van der Waals surface area contributed by atoms with Crippen molar-refractivity contribution in [2.75, 3.05) is 6.61 Å². The van der Waals surface area contributed by atoms with Gasteiger partial charge in [-0.1, -0.05) is 0 Å². The average Bonchev–Trinajstić information content (AvgIpc) is 2.03. The summed E-state index contributed by atoms with van der Waals surface area (Å²) in [5.41, 5.74) is 0. The first-order chi connectivity index (χ1) is 5.41. The molecule has 0 rings (SSSR count). The third-order valence-electron chi connectivity index (χ3n) is 1.24. The van der Waals surface area contributed by atoms with Gasteiger partial charge in [0, 0.05) is 0 Å². The fourth-order valence-corrected chi connectivity index (χ4v) is 1.50. The van der Waals surface area contributed by atoms with E-state index < -0.39 is 0 Å². The van der Waals surface area contributed by atoms with Crippen LogP contribution in [0.1, 0.15) is 32.6 Å². The van der Waals surface area contributed by atoms with Crippen molar-refractivity contribution in [2.24, 2.45) is 0 Å². The van der Waals surface area contributed by atoms with Gasteiger partial charge in [0.1, 0.15) is 0 Å². The van der Waals surface area contributed by atoms with Crippen LogP contribution >= 0.6 is 0 Å². The van der Waals surface area contributed by atoms with Crippen molar-refractivity contribution in [3.63, 3.8) is 0 Å². The molecule has 0 aliphatic heterocycles. The second kappa shape index (κ2) is 10.0. The zero-order chi connectivity index (χ0) is 8.36. The number of aliphatic hydroxyl groups excluding tert-OH is 1. The van der Waals surface area contributed by atoms with Crippen LogP contribution in [0.25, 0.3) is 0 Å². The molecule has 0 bridgehead atoms. The Labute approximate surface area is 75.7 Å². The predicted molar refractivity (Wildman–Crippen MR) is 49.6 cm³/mol. The van der Waals surface area contributed by atoms with Gasteiger partial charge in [-0.15, -0.1) is 0 Å². The molecule has 0 aliphatic carbocycles. The van der Waals surface area contributed by atoms with Crippen LogP contribution in [-0.4, -0.2) is 26.7 Å². The molecule has 0 unspecified atom stereocenters. The van der Waals surface area contributed by atoms with Crippen LogP contribution in [0.3, 0.4) is 0 Å². The maximum atomic E-state index is 8.45. The molecule has 0 saturated heterocycles. The molecule has 0 atom stereocenters. The van der Waals surface area contributed by atoms with Gasteiger partial charge in [-0.3, -0.25) is 0 Å². The van der Waals surface area contributed by atoms with Crippen molar-refractivity contribution in [1.29, 1.82) is 0 Å². The van der Waals surface area contributed by atoms with E-state index in [0.717, 1.165) is 11.7 Å². The minimum atomic E-state index is 0.295. The average molecular weight is 219 g/mol. The summed E-state index contributed by atoms with van der Waals surface area (Å²) in [6.07, 6.45) is 4.84. The Hall–Kier alpha value is 0.0395. The third-order valence-corrected chi connectivity index (χ3v) is 2.66. The van der Waals surface area contributed by atoms with E-state index in [4.69, 9.17) is 5.11 Å². The van der Waals surface area contributed by atoms with Crippen LogP contribution in [0, 0.1) is 10.7 Å². The topological polar surface area (TPSA) is 20.2 Å². The van der Waals surface area contributed by atoms with E-state index in [1.54, 1.807) is 0 Å². The van der Waals surface area contributed by atoms with Crippen molar-refractivity contribution < 1.29 is 5.11 Å². The van der Waals surface area contributed by atoms with Gasteiger partial charge >= 0.3 is 75.3 Å². The Bertz CT molecular complexity index is 123. The molecule has 0 heterocycles. The van der Waals surface area contributed by atoms with Gasteiger partial charge in [0.05, 0.1) is 0 Å². The fourth-order valence-electron chi connectivity index (χ4n) is 0.662. The van der Waals surface area contributed by atoms with Crippen LogP contribution in [0.2, 0.25) is 5.32 Å². The number of hydrogen-bond acceptors (Lipinski definition) is 1. The molecule has 0 aromatic heterocycles. The number of aliphatic hydroxyl groups is 1. The van der Waals surface area contributed by atoms with Crippen molar-refractivity contribution in [1.82, 2.24) is 0 Å². The molecule has 0 aliphatic rings. The van der Waals surface area contributed by atoms with Crippen molar-refractivity contribution in [3.8, 4) is 10.7 Å². The van der Waals surface area contributed by atoms with Gasteiger partial charge in [-0.25, -0.2) is 0 Å². The van der Waals surface area contributed by atoms with Gasteiger partial charge in [0.15, 0.2) is 0 Å². The predicted octanol–water partition coefficient (Wildman–Crippen LogP) is 1.64. The SMILES string of the molecule is CCCCCC#C[Se]CCO. The Kier molecular flexibility index (Phi) is 10.1. The summed E-state index contributed by atoms with van der Waals surface area (Å²) in [6, 6.07) is 0. The number of rotatable bonds is 5. The molecule has 2 heteroatoms. The second-order valence-electron chi connectivity index (χ2n) is 2.31. The first-order valence-corrected chi connectivity index (χ1v) is 6.19. The molecule has 0 saturated carbocycles. The van der Waals surface area contributed by atoms with E-state index in [0.29, 0.717) is 21.6 Å². The summed E-state index contributed by atoms with van der Waals surface area (Å²) in [4.78, 5) is 3.10. The molecule has 1 nitrogen and oxygen atoms in total. The van der Waals surface area contributed by atoms with Crippen LogP contribution in [0.5, 0.6) is 0 Å². The van der Waals surface area contributed by atoms with Gasteiger partial charge in [0.25, 0.3) is 0 Å². The van der Waals surface area contributed by atoms with Gasteiger partial charge in [-0.2, -0.15) is 0 Å². The van der Waals surface area contributed by atoms with E-state index >= 15 is 0 Å². The van der Waals surface area contributed by atoms with E-state index in [9.17, 15) is 0 Å². The first-order valence-electron chi connectivity index (χ1n) is 4.12. The molecule has 11 heavy (non-hydrogen) atoms. The summed E-state index contributed by atoms with van der Waals surface area (Å²) >= 11 is 0.362. The van der Waals surface area contributed by atoms with E-state index in [2.05, 4.69) is 17.7 Å². The molecule has 0 aromatic carbocycles. The van der Waals surface area contributed by atoms with Crippen LogP contribution in [0.4, 0.5) is 0 Å². The Morgan fingerprint density at radius 1 is 1.36 bits per heavy atom. The van der Waals surface area contributed by atoms with E-state index in [1.165, 1.54) is 19.3 Å². The molecule has 64 valence electrons. The van der Waals surface area contributed by atoms with Gasteiger partial charge < -0.3 is 0 Å². The molecular weight excluding hydrogens is 203 g/mol. The Morgan fingerprint density at radius 2 is 2.18 bits per heavy atom. The van der Waals surface area contributed by atoms with Crippen LogP contribution in [0.15, 0.2) is 0 Å². The Balaban J connectivity index is 2.99. The number of unbranched alkanes of at least 4 members (excludes halogenated alkanes) is 3. The molecule has 1 N–H and O–H groups in total. The molecular formula is C9H16OSe. The van der Waals surface area contributed by atoms with E-state index in [-0.39, 0.29) is 0 Å². The summed E-state index contributed by atoms with van der Waals surface area (Å²) in [6.45, 7) is 2.49. The maximum absolute atomic E-state index is 8.45. The van der Waals surface area contributed by atoms with Crippen molar-refractivity contribution >= 4 is 15.0 Å². The second-order valence-corrected chi connectivity index (χ2v) is 4.20. The number of hydrogen-bond donors (Lipinski definition) is 1. The van der Waals surface area contributed by atoms with Crippen molar-refractivity contribution in [3.05, 3.63) is 0 Å². The monoisotopic (exact) mass is 220 g/mol. The zero-order valence-corrected chi connectivity index (χ0v) is 8.81. The molecule has 0 spiro atoms. The van der Waals surface area contributed by atoms with Gasteiger partial charge in [0.2, 0.25) is 0 Å². The van der Waals surface area contributed by atoms with Crippen LogP contribution in [-0.2, 0) is 0 Å². The minimum absolute atomic E-state index is 0.295. The zero-order valence-electron chi connectivity index (χ0n) is 7.10. The summed E-state index contributed by atoms with van der Waals surface area (Å²) in [5.74, 6) is 3.12. The quantitative estimate of drug-likeness (QED) is 0.423. The molecule has 0 aromatic rings. The standard InChI is InChI=1S/C9H16OSe/c1-2-3-4-5-6-8-11-9-7-10/h10H,2-5,7,9H2,1H3. The summed E-state index contributed by atoms with van der Waals surface area (Å²) < 4.78 is 0. The van der Waals surface area contributed by atoms with Crippen molar-refractivity contribution in [2.45, 2.75) is 37.9 Å². The molecule has 0 fully saturated rings. The Morgan fingerprint density at radius 3 is 2.82 bits per heavy atom. The molecule has 0 radical (unpaired) electrons. The summed E-state index contributed by atoms with van der Waals surface area (Å²) in [7, 11) is 0. The normalized spacial score (nSPS) is 8.91. The van der Waals surface area contributed by atoms with Gasteiger partial charge in [-0.05, 0) is 0 Å². The van der Waals surface area contributed by atoms with Crippen LogP contribution < -0.4 is 0 Å². The van der Waals surface area contributed by atoms with E-state index in [1.807, 2.05) is 0 Å². The fraction of sp³-hybridized carbons (Fsp3) is 0.778. The molecule has 0 amide bonds. The first kappa shape index (κ1) is 11.0. The summed E-state index contributed by atoms with van der Waals surface area (Å²) in [5, 5.41) is 9.34.